The van der Waals surface area contributed by atoms with Crippen molar-refractivity contribution in [1.82, 2.24) is 20.3 Å². The van der Waals surface area contributed by atoms with Crippen LogP contribution in [0.1, 0.15) is 12.6 Å². The summed E-state index contributed by atoms with van der Waals surface area (Å²) in [6.45, 7) is 3.51. The maximum absolute atomic E-state index is 4.99. The molecule has 0 aliphatic carbocycles. The summed E-state index contributed by atoms with van der Waals surface area (Å²) in [7, 11) is 3.55. The second-order valence-corrected chi connectivity index (χ2v) is 3.12. The van der Waals surface area contributed by atoms with Crippen LogP contribution in [-0.2, 0) is 18.3 Å². The Labute approximate surface area is 78.1 Å². The summed E-state index contributed by atoms with van der Waals surface area (Å²) in [6, 6.07) is 0.340. The Bertz CT molecular complexity index is 248. The van der Waals surface area contributed by atoms with E-state index in [0.717, 1.165) is 12.2 Å². The summed E-state index contributed by atoms with van der Waals surface area (Å²) in [5.41, 5.74) is 0.949. The molecule has 0 bridgehead atoms. The van der Waals surface area contributed by atoms with Crippen molar-refractivity contribution in [2.24, 2.45) is 7.05 Å². The zero-order valence-corrected chi connectivity index (χ0v) is 8.32. The molecule has 0 amide bonds. The molecular weight excluding hydrogens is 168 g/mol. The maximum atomic E-state index is 4.99. The number of methoxy groups -OCH3 is 1. The molecule has 5 heteroatoms. The van der Waals surface area contributed by atoms with E-state index >= 15 is 0 Å². The number of aryl methyl sites for hydroxylation is 1. The van der Waals surface area contributed by atoms with Crippen molar-refractivity contribution < 1.29 is 4.74 Å². The van der Waals surface area contributed by atoms with Crippen molar-refractivity contribution in [3.8, 4) is 0 Å². The third-order valence-electron chi connectivity index (χ3n) is 1.70. The van der Waals surface area contributed by atoms with Gasteiger partial charge in [0, 0.05) is 32.9 Å². The predicted molar refractivity (Wildman–Crippen MR) is 49.2 cm³/mol. The van der Waals surface area contributed by atoms with E-state index < -0.39 is 0 Å². The lowest BCUT2D eigenvalue weighted by Crippen LogP contribution is -2.29. The van der Waals surface area contributed by atoms with E-state index in [2.05, 4.69) is 22.6 Å². The molecule has 74 valence electrons. The normalized spacial score (nSPS) is 13.2. The summed E-state index contributed by atoms with van der Waals surface area (Å²) in [5.74, 6) is 0. The number of nitrogens with zero attached hydrogens (tertiary/aromatic N) is 3. The van der Waals surface area contributed by atoms with Crippen molar-refractivity contribution in [3.05, 3.63) is 11.9 Å². The average molecular weight is 184 g/mol. The van der Waals surface area contributed by atoms with Gasteiger partial charge in [0.15, 0.2) is 0 Å². The molecule has 0 fully saturated rings. The van der Waals surface area contributed by atoms with E-state index in [1.54, 1.807) is 11.8 Å². The van der Waals surface area contributed by atoms with E-state index in [0.29, 0.717) is 12.6 Å². The minimum Gasteiger partial charge on any atom is -0.383 e. The second-order valence-electron chi connectivity index (χ2n) is 3.12. The fraction of sp³-hybridized carbons (Fsp3) is 0.750. The number of hydrogen-bond donors (Lipinski definition) is 1. The highest BCUT2D eigenvalue weighted by atomic mass is 16.5. The van der Waals surface area contributed by atoms with Crippen LogP contribution in [0.2, 0.25) is 0 Å². The summed E-state index contributed by atoms with van der Waals surface area (Å²) in [4.78, 5) is 0. The molecule has 1 rings (SSSR count). The van der Waals surface area contributed by atoms with Gasteiger partial charge in [0.1, 0.15) is 0 Å². The van der Waals surface area contributed by atoms with Crippen LogP contribution in [0.3, 0.4) is 0 Å². The molecule has 0 aliphatic rings. The molecular formula is C8H16N4O. The van der Waals surface area contributed by atoms with Gasteiger partial charge in [0.2, 0.25) is 0 Å². The Balaban J connectivity index is 2.26. The Hall–Kier alpha value is -0.940. The highest BCUT2D eigenvalue weighted by Gasteiger charge is 2.02. The van der Waals surface area contributed by atoms with Crippen LogP contribution in [0.4, 0.5) is 0 Å². The van der Waals surface area contributed by atoms with Crippen LogP contribution < -0.4 is 5.32 Å². The zero-order valence-electron chi connectivity index (χ0n) is 8.32. The molecule has 0 aromatic carbocycles. The Kier molecular flexibility index (Phi) is 3.85. The minimum atomic E-state index is 0.340. The molecule has 1 atom stereocenters. The first-order valence-electron chi connectivity index (χ1n) is 4.30. The lowest BCUT2D eigenvalue weighted by molar-refractivity contribution is 0.171. The molecule has 5 nitrogen and oxygen atoms in total. The number of rotatable bonds is 5. The predicted octanol–water partition coefficient (Wildman–Crippen LogP) is -0.0604. The number of nitrogens with one attached hydrogen (secondary N) is 1. The Morgan fingerprint density at radius 1 is 1.69 bits per heavy atom. The van der Waals surface area contributed by atoms with Gasteiger partial charge in [-0.1, -0.05) is 5.21 Å². The molecule has 0 saturated carbocycles. The van der Waals surface area contributed by atoms with Gasteiger partial charge in [-0.15, -0.1) is 5.10 Å². The number of aromatic nitrogens is 3. The van der Waals surface area contributed by atoms with Crippen molar-refractivity contribution >= 4 is 0 Å². The van der Waals surface area contributed by atoms with Gasteiger partial charge in [0.25, 0.3) is 0 Å². The van der Waals surface area contributed by atoms with Gasteiger partial charge < -0.3 is 10.1 Å². The van der Waals surface area contributed by atoms with Gasteiger partial charge in [0.05, 0.1) is 12.3 Å². The number of ether oxygens (including phenoxy) is 1. The van der Waals surface area contributed by atoms with Gasteiger partial charge in [-0.3, -0.25) is 4.68 Å². The monoisotopic (exact) mass is 184 g/mol. The molecule has 1 aromatic rings. The van der Waals surface area contributed by atoms with Gasteiger partial charge in [-0.05, 0) is 6.92 Å². The first-order valence-corrected chi connectivity index (χ1v) is 4.30. The van der Waals surface area contributed by atoms with Gasteiger partial charge in [-0.2, -0.15) is 0 Å². The lowest BCUT2D eigenvalue weighted by atomic mass is 10.3. The molecule has 0 saturated heterocycles. The smallest absolute Gasteiger partial charge is 0.0964 e. The van der Waals surface area contributed by atoms with Crippen molar-refractivity contribution in [2.75, 3.05) is 13.7 Å². The Morgan fingerprint density at radius 3 is 3.00 bits per heavy atom. The highest BCUT2D eigenvalue weighted by molar-refractivity contribution is 4.91. The molecule has 0 aliphatic heterocycles. The van der Waals surface area contributed by atoms with Gasteiger partial charge in [-0.25, -0.2) is 0 Å². The van der Waals surface area contributed by atoms with Crippen LogP contribution in [0.5, 0.6) is 0 Å². The summed E-state index contributed by atoms with van der Waals surface area (Å²) < 4.78 is 6.69. The van der Waals surface area contributed by atoms with E-state index in [1.165, 1.54) is 0 Å². The van der Waals surface area contributed by atoms with Crippen molar-refractivity contribution in [2.45, 2.75) is 19.5 Å². The molecule has 1 unspecified atom stereocenters. The molecule has 1 aromatic heterocycles. The number of hydrogen-bond acceptors (Lipinski definition) is 4. The second kappa shape index (κ2) is 4.94. The standard InChI is InChI=1S/C8H16N4O/c1-7(6-13-3)9-4-8-5-12(2)11-10-8/h5,7,9H,4,6H2,1-3H3. The van der Waals surface area contributed by atoms with Crippen LogP contribution >= 0.6 is 0 Å². The van der Waals surface area contributed by atoms with E-state index in [-0.39, 0.29) is 0 Å². The van der Waals surface area contributed by atoms with E-state index in [4.69, 9.17) is 4.74 Å². The molecule has 0 spiro atoms. The fourth-order valence-electron chi connectivity index (χ4n) is 1.06. The zero-order chi connectivity index (χ0) is 9.68. The molecule has 0 radical (unpaired) electrons. The van der Waals surface area contributed by atoms with Gasteiger partial charge >= 0.3 is 0 Å². The molecule has 1 N–H and O–H groups in total. The molecule has 1 heterocycles. The summed E-state index contributed by atoms with van der Waals surface area (Å²) in [6.07, 6.45) is 1.90. The van der Waals surface area contributed by atoms with E-state index in [9.17, 15) is 0 Å². The average Bonchev–Trinajstić information content (AvgIpc) is 2.49. The topological polar surface area (TPSA) is 52.0 Å². The van der Waals surface area contributed by atoms with Crippen LogP contribution in [0, 0.1) is 0 Å². The summed E-state index contributed by atoms with van der Waals surface area (Å²) >= 11 is 0. The molecule has 13 heavy (non-hydrogen) atoms. The van der Waals surface area contributed by atoms with Crippen LogP contribution in [0.25, 0.3) is 0 Å². The third kappa shape index (κ3) is 3.52. The van der Waals surface area contributed by atoms with E-state index in [1.807, 2.05) is 13.2 Å². The maximum Gasteiger partial charge on any atom is 0.0964 e. The SMILES string of the molecule is COCC(C)NCc1cn(C)nn1. The first-order chi connectivity index (χ1) is 6.22. The Morgan fingerprint density at radius 2 is 2.46 bits per heavy atom. The highest BCUT2D eigenvalue weighted by Crippen LogP contribution is 1.91. The van der Waals surface area contributed by atoms with Crippen LogP contribution in [0.15, 0.2) is 6.20 Å². The van der Waals surface area contributed by atoms with Crippen molar-refractivity contribution in [3.63, 3.8) is 0 Å². The quantitative estimate of drug-likeness (QED) is 0.696. The largest absolute Gasteiger partial charge is 0.383 e. The third-order valence-corrected chi connectivity index (χ3v) is 1.70. The minimum absolute atomic E-state index is 0.340. The first kappa shape index (κ1) is 10.1. The summed E-state index contributed by atoms with van der Waals surface area (Å²) in [5, 5.41) is 11.1. The lowest BCUT2D eigenvalue weighted by Gasteiger charge is -2.10. The van der Waals surface area contributed by atoms with Crippen LogP contribution in [-0.4, -0.2) is 34.8 Å². The van der Waals surface area contributed by atoms with Crippen molar-refractivity contribution in [1.29, 1.82) is 0 Å². The fourth-order valence-corrected chi connectivity index (χ4v) is 1.06.